The Morgan fingerprint density at radius 1 is 1.02 bits per heavy atom. The summed E-state index contributed by atoms with van der Waals surface area (Å²) in [6.07, 6.45) is 7.72. The number of hydrogen-bond donors (Lipinski definition) is 1. The lowest BCUT2D eigenvalue weighted by molar-refractivity contribution is -0.134. The number of nitrogens with one attached hydrogen (secondary N) is 1. The molecule has 2 aliphatic heterocycles. The molecule has 8 heteroatoms. The zero-order valence-electron chi connectivity index (χ0n) is 24.1. The molecule has 1 saturated carbocycles. The van der Waals surface area contributed by atoms with Gasteiger partial charge in [-0.25, -0.2) is 4.39 Å². The van der Waals surface area contributed by atoms with Gasteiger partial charge >= 0.3 is 0 Å². The Labute approximate surface area is 245 Å². The molecule has 3 aliphatic rings. The van der Waals surface area contributed by atoms with Gasteiger partial charge in [-0.15, -0.1) is 0 Å². The van der Waals surface area contributed by atoms with E-state index in [1.54, 1.807) is 12.3 Å². The van der Waals surface area contributed by atoms with Gasteiger partial charge in [-0.3, -0.25) is 29.5 Å². The van der Waals surface area contributed by atoms with E-state index in [2.05, 4.69) is 70.3 Å². The van der Waals surface area contributed by atoms with Crippen molar-refractivity contribution in [2.24, 2.45) is 5.41 Å². The van der Waals surface area contributed by atoms with E-state index in [-0.39, 0.29) is 35.4 Å². The molecule has 2 unspecified atom stereocenters. The number of nitrogens with zero attached hydrogens (tertiary/aromatic N) is 4. The van der Waals surface area contributed by atoms with Crippen LogP contribution in [0.15, 0.2) is 60.9 Å². The molecule has 7 rings (SSSR count). The maximum absolute atomic E-state index is 16.2. The first kappa shape index (κ1) is 27.0. The molecule has 1 aliphatic carbocycles. The molecule has 4 heterocycles. The lowest BCUT2D eigenvalue weighted by Gasteiger charge is -2.45. The Balaban J connectivity index is 1.06. The summed E-state index contributed by atoms with van der Waals surface area (Å²) in [5.41, 5.74) is 5.22. The quantitative estimate of drug-likeness (QED) is 0.286. The van der Waals surface area contributed by atoms with Crippen LogP contribution in [0, 0.1) is 11.2 Å². The molecular formula is C34H36FN5O2. The summed E-state index contributed by atoms with van der Waals surface area (Å²) in [6.45, 7) is 7.05. The van der Waals surface area contributed by atoms with Crippen molar-refractivity contribution < 1.29 is 14.0 Å². The van der Waals surface area contributed by atoms with Gasteiger partial charge in [0.05, 0.1) is 23.2 Å². The third-order valence-electron chi connectivity index (χ3n) is 9.36. The van der Waals surface area contributed by atoms with Crippen LogP contribution in [0.2, 0.25) is 0 Å². The minimum Gasteiger partial charge on any atom is -0.299 e. The minimum absolute atomic E-state index is 0.0568. The fraction of sp³-hybridized carbons (Fsp3) is 0.412. The van der Waals surface area contributed by atoms with Crippen LogP contribution >= 0.6 is 0 Å². The third kappa shape index (κ3) is 5.13. The van der Waals surface area contributed by atoms with Crippen LogP contribution in [-0.4, -0.2) is 44.6 Å². The smallest absolute Gasteiger partial charge is 0.234 e. The number of fused-ring (bicyclic) bond motifs is 1. The second kappa shape index (κ2) is 10.4. The number of benzene rings is 2. The Bertz CT molecular complexity index is 1670. The zero-order valence-corrected chi connectivity index (χ0v) is 24.1. The molecule has 2 aromatic carbocycles. The number of piperidine rings is 2. The van der Waals surface area contributed by atoms with Gasteiger partial charge in [0.2, 0.25) is 11.8 Å². The Morgan fingerprint density at radius 2 is 1.83 bits per heavy atom. The first-order valence-corrected chi connectivity index (χ1v) is 15.0. The van der Waals surface area contributed by atoms with Gasteiger partial charge in [-0.1, -0.05) is 44.2 Å². The van der Waals surface area contributed by atoms with Crippen LogP contribution in [0.1, 0.15) is 80.5 Å². The number of amides is 2. The highest BCUT2D eigenvalue weighted by Crippen LogP contribution is 2.44. The molecule has 2 saturated heterocycles. The number of aromatic nitrogens is 3. The van der Waals surface area contributed by atoms with Crippen LogP contribution in [-0.2, 0) is 16.1 Å². The molecule has 42 heavy (non-hydrogen) atoms. The van der Waals surface area contributed by atoms with E-state index < -0.39 is 5.92 Å². The largest absolute Gasteiger partial charge is 0.299 e. The number of pyridine rings is 1. The van der Waals surface area contributed by atoms with Gasteiger partial charge in [-0.2, -0.15) is 5.10 Å². The second-order valence-electron chi connectivity index (χ2n) is 13.0. The molecule has 0 bridgehead atoms. The van der Waals surface area contributed by atoms with Gasteiger partial charge < -0.3 is 0 Å². The van der Waals surface area contributed by atoms with Crippen LogP contribution in [0.4, 0.5) is 4.39 Å². The van der Waals surface area contributed by atoms with Crippen molar-refractivity contribution in [3.05, 3.63) is 83.4 Å². The van der Waals surface area contributed by atoms with Crippen molar-refractivity contribution in [1.29, 1.82) is 0 Å². The molecule has 4 aromatic rings. The van der Waals surface area contributed by atoms with Gasteiger partial charge in [-0.05, 0) is 78.5 Å². The van der Waals surface area contributed by atoms with E-state index in [9.17, 15) is 9.59 Å². The molecule has 0 radical (unpaired) electrons. The maximum Gasteiger partial charge on any atom is 0.234 e. The average molecular weight is 566 g/mol. The van der Waals surface area contributed by atoms with Crippen molar-refractivity contribution in [3.8, 4) is 11.3 Å². The third-order valence-corrected chi connectivity index (χ3v) is 9.36. The second-order valence-corrected chi connectivity index (χ2v) is 13.0. The minimum atomic E-state index is -0.489. The van der Waals surface area contributed by atoms with E-state index in [0.29, 0.717) is 34.5 Å². The zero-order chi connectivity index (χ0) is 29.0. The molecule has 0 spiro atoms. The Morgan fingerprint density at radius 3 is 2.57 bits per heavy atom. The number of carbonyl (C=O) groups is 2. The fourth-order valence-electron chi connectivity index (χ4n) is 6.92. The number of carbonyl (C=O) groups excluding carboxylic acids is 2. The maximum atomic E-state index is 16.2. The Kier molecular flexibility index (Phi) is 6.69. The standard InChI is InChI=1S/C34H36FN5O2/c1-34(2)20-39(19-21-3-5-22(6-4-21)29-14-16-40(38-29)24-7-8-24)15-13-28(34)26-9-11-30-27(32(26)35)17-23(18-36-30)25-10-12-31(41)37-33(25)42/h3-6,9,11,14,16-18,24-25,28H,7-8,10,12-13,15,19-20H2,1-2H3,(H,37,41,42). The van der Waals surface area contributed by atoms with Crippen molar-refractivity contribution >= 4 is 22.7 Å². The van der Waals surface area contributed by atoms with Crippen molar-refractivity contribution in [2.75, 3.05) is 13.1 Å². The first-order chi connectivity index (χ1) is 20.2. The summed E-state index contributed by atoms with van der Waals surface area (Å²) in [7, 11) is 0. The highest BCUT2D eigenvalue weighted by molar-refractivity contribution is 6.01. The van der Waals surface area contributed by atoms with E-state index >= 15 is 4.39 Å². The normalized spacial score (nSPS) is 22.8. The molecule has 2 atom stereocenters. The monoisotopic (exact) mass is 565 g/mol. The van der Waals surface area contributed by atoms with Gasteiger partial charge in [0.1, 0.15) is 5.82 Å². The molecule has 7 nitrogen and oxygen atoms in total. The molecule has 2 amide bonds. The lowest BCUT2D eigenvalue weighted by Crippen LogP contribution is -2.44. The summed E-state index contributed by atoms with van der Waals surface area (Å²) in [4.78, 5) is 31.0. The summed E-state index contributed by atoms with van der Waals surface area (Å²) in [5, 5.41) is 7.58. The van der Waals surface area contributed by atoms with Crippen molar-refractivity contribution in [3.63, 3.8) is 0 Å². The molecule has 1 N–H and O–H groups in total. The summed E-state index contributed by atoms with van der Waals surface area (Å²) in [5.74, 6) is -1.28. The highest BCUT2D eigenvalue weighted by atomic mass is 19.1. The van der Waals surface area contributed by atoms with E-state index in [1.165, 1.54) is 18.4 Å². The number of imide groups is 1. The Hall–Kier alpha value is -3.91. The average Bonchev–Trinajstić information content (AvgIpc) is 3.70. The van der Waals surface area contributed by atoms with Gasteiger partial charge in [0, 0.05) is 42.9 Å². The molecule has 2 aromatic heterocycles. The van der Waals surface area contributed by atoms with E-state index in [4.69, 9.17) is 5.10 Å². The molecule has 216 valence electrons. The molecular weight excluding hydrogens is 529 g/mol. The summed E-state index contributed by atoms with van der Waals surface area (Å²) in [6, 6.07) is 16.9. The topological polar surface area (TPSA) is 80.1 Å². The number of hydrogen-bond acceptors (Lipinski definition) is 5. The predicted molar refractivity (Wildman–Crippen MR) is 159 cm³/mol. The van der Waals surface area contributed by atoms with Crippen LogP contribution in [0.3, 0.4) is 0 Å². The van der Waals surface area contributed by atoms with Crippen molar-refractivity contribution in [1.82, 2.24) is 25.0 Å². The number of rotatable bonds is 6. The van der Waals surface area contributed by atoms with Gasteiger partial charge in [0.15, 0.2) is 0 Å². The van der Waals surface area contributed by atoms with Crippen molar-refractivity contribution in [2.45, 2.75) is 70.4 Å². The first-order valence-electron chi connectivity index (χ1n) is 15.0. The summed E-state index contributed by atoms with van der Waals surface area (Å²) < 4.78 is 18.2. The summed E-state index contributed by atoms with van der Waals surface area (Å²) >= 11 is 0. The van der Waals surface area contributed by atoms with Crippen LogP contribution in [0.25, 0.3) is 22.2 Å². The van der Waals surface area contributed by atoms with E-state index in [1.807, 2.05) is 12.1 Å². The van der Waals surface area contributed by atoms with Crippen LogP contribution < -0.4 is 5.32 Å². The van der Waals surface area contributed by atoms with E-state index in [0.717, 1.165) is 37.3 Å². The molecule has 3 fully saturated rings. The fourth-order valence-corrected chi connectivity index (χ4v) is 6.92. The SMILES string of the molecule is CC1(C)CN(Cc2ccc(-c3ccn(C4CC4)n3)cc2)CCC1c1ccc2ncc(C3CCC(=O)NC3=O)cc2c1F. The van der Waals surface area contributed by atoms with Crippen LogP contribution in [0.5, 0.6) is 0 Å². The number of halogens is 1. The van der Waals surface area contributed by atoms with Gasteiger partial charge in [0.25, 0.3) is 0 Å². The highest BCUT2D eigenvalue weighted by Gasteiger charge is 2.38. The predicted octanol–water partition coefficient (Wildman–Crippen LogP) is 6.11. The lowest BCUT2D eigenvalue weighted by atomic mass is 9.70. The number of likely N-dealkylation sites (tertiary alicyclic amines) is 1.